The van der Waals surface area contributed by atoms with Gasteiger partial charge in [0.25, 0.3) is 0 Å². The minimum absolute atomic E-state index is 0.147. The Morgan fingerprint density at radius 2 is 2.00 bits per heavy atom. The van der Waals surface area contributed by atoms with Gasteiger partial charge in [-0.2, -0.15) is 0 Å². The van der Waals surface area contributed by atoms with Crippen molar-refractivity contribution in [2.45, 2.75) is 39.7 Å². The first-order valence-corrected chi connectivity index (χ1v) is 3.92. The molecule has 0 saturated carbocycles. The monoisotopic (exact) mass is 158 g/mol. The van der Waals surface area contributed by atoms with E-state index in [1.54, 1.807) is 0 Å². The van der Waals surface area contributed by atoms with Crippen molar-refractivity contribution in [2.24, 2.45) is 16.9 Å². The van der Waals surface area contributed by atoms with Gasteiger partial charge in [-0.1, -0.05) is 13.8 Å². The molecule has 0 aliphatic carbocycles. The lowest BCUT2D eigenvalue weighted by Gasteiger charge is -2.20. The van der Waals surface area contributed by atoms with Gasteiger partial charge in [0.2, 0.25) is 5.91 Å². The second-order valence-electron chi connectivity index (χ2n) is 3.76. The Morgan fingerprint density at radius 3 is 2.27 bits per heavy atom. The molecule has 0 aliphatic heterocycles. The Kier molecular flexibility index (Phi) is 3.52. The van der Waals surface area contributed by atoms with E-state index in [-0.39, 0.29) is 11.9 Å². The molecule has 3 heteroatoms. The van der Waals surface area contributed by atoms with Crippen molar-refractivity contribution >= 4 is 5.91 Å². The minimum atomic E-state index is -0.409. The average Bonchev–Trinajstić information content (AvgIpc) is 1.84. The summed E-state index contributed by atoms with van der Waals surface area (Å²) in [5.74, 6) is -0.252. The summed E-state index contributed by atoms with van der Waals surface area (Å²) >= 11 is 0. The number of hydrogen-bond acceptors (Lipinski definition) is 2. The summed E-state index contributed by atoms with van der Waals surface area (Å²) in [4.78, 5) is 10.8. The van der Waals surface area contributed by atoms with E-state index in [2.05, 4.69) is 0 Å². The molecule has 0 aromatic rings. The zero-order valence-corrected chi connectivity index (χ0v) is 7.55. The molecule has 0 aliphatic rings. The van der Waals surface area contributed by atoms with Gasteiger partial charge in [-0.3, -0.25) is 4.79 Å². The standard InChI is InChI=1S/C8H18N2O/c1-6(9)4-5-8(2,3)7(10)11/h6H,4-5,9H2,1-3H3,(H2,10,11). The molecule has 0 saturated heterocycles. The highest BCUT2D eigenvalue weighted by Gasteiger charge is 2.24. The predicted molar refractivity (Wildman–Crippen MR) is 45.9 cm³/mol. The maximum absolute atomic E-state index is 10.8. The fourth-order valence-electron chi connectivity index (χ4n) is 0.712. The maximum Gasteiger partial charge on any atom is 0.223 e. The normalized spacial score (nSPS) is 14.5. The smallest absolute Gasteiger partial charge is 0.223 e. The molecule has 0 aromatic heterocycles. The van der Waals surface area contributed by atoms with Gasteiger partial charge in [0.15, 0.2) is 0 Å². The van der Waals surface area contributed by atoms with Crippen molar-refractivity contribution in [1.82, 2.24) is 0 Å². The average molecular weight is 158 g/mol. The number of hydrogen-bond donors (Lipinski definition) is 2. The van der Waals surface area contributed by atoms with Gasteiger partial charge >= 0.3 is 0 Å². The molecule has 1 unspecified atom stereocenters. The predicted octanol–water partition coefficient (Wildman–Crippen LogP) is 0.625. The summed E-state index contributed by atoms with van der Waals surface area (Å²) in [6, 6.07) is 0.147. The van der Waals surface area contributed by atoms with E-state index in [1.165, 1.54) is 0 Å². The molecule has 11 heavy (non-hydrogen) atoms. The van der Waals surface area contributed by atoms with E-state index < -0.39 is 5.41 Å². The van der Waals surface area contributed by atoms with Gasteiger partial charge in [-0.25, -0.2) is 0 Å². The summed E-state index contributed by atoms with van der Waals surface area (Å²) in [6.45, 7) is 5.62. The molecular formula is C8H18N2O. The highest BCUT2D eigenvalue weighted by Crippen LogP contribution is 2.21. The second-order valence-corrected chi connectivity index (χ2v) is 3.76. The fourth-order valence-corrected chi connectivity index (χ4v) is 0.712. The highest BCUT2D eigenvalue weighted by atomic mass is 16.1. The summed E-state index contributed by atoms with van der Waals surface area (Å²) in [5.41, 5.74) is 10.3. The minimum Gasteiger partial charge on any atom is -0.369 e. The summed E-state index contributed by atoms with van der Waals surface area (Å²) in [7, 11) is 0. The fraction of sp³-hybridized carbons (Fsp3) is 0.875. The lowest BCUT2D eigenvalue weighted by molar-refractivity contribution is -0.126. The van der Waals surface area contributed by atoms with Gasteiger partial charge in [-0.05, 0) is 19.8 Å². The van der Waals surface area contributed by atoms with Gasteiger partial charge in [0, 0.05) is 11.5 Å². The van der Waals surface area contributed by atoms with Crippen LogP contribution in [0.4, 0.5) is 0 Å². The quantitative estimate of drug-likeness (QED) is 0.630. The summed E-state index contributed by atoms with van der Waals surface area (Å²) in [6.07, 6.45) is 1.61. The van der Waals surface area contributed by atoms with E-state index in [4.69, 9.17) is 11.5 Å². The number of carbonyl (C=O) groups is 1. The van der Waals surface area contributed by atoms with Gasteiger partial charge < -0.3 is 11.5 Å². The van der Waals surface area contributed by atoms with Crippen LogP contribution in [0.25, 0.3) is 0 Å². The molecule has 0 bridgehead atoms. The Balaban J connectivity index is 3.83. The van der Waals surface area contributed by atoms with Crippen LogP contribution in [0.1, 0.15) is 33.6 Å². The third-order valence-electron chi connectivity index (χ3n) is 1.89. The van der Waals surface area contributed by atoms with E-state index >= 15 is 0 Å². The van der Waals surface area contributed by atoms with E-state index in [0.29, 0.717) is 0 Å². The van der Waals surface area contributed by atoms with Crippen molar-refractivity contribution < 1.29 is 4.79 Å². The Bertz CT molecular complexity index is 141. The lowest BCUT2D eigenvalue weighted by Crippen LogP contribution is -2.32. The zero-order valence-electron chi connectivity index (χ0n) is 7.55. The molecule has 3 nitrogen and oxygen atoms in total. The van der Waals surface area contributed by atoms with E-state index in [1.807, 2.05) is 20.8 Å². The molecule has 0 heterocycles. The van der Waals surface area contributed by atoms with Crippen LogP contribution >= 0.6 is 0 Å². The topological polar surface area (TPSA) is 69.1 Å². The van der Waals surface area contributed by atoms with E-state index in [9.17, 15) is 4.79 Å². The van der Waals surface area contributed by atoms with Gasteiger partial charge in [-0.15, -0.1) is 0 Å². The number of rotatable bonds is 4. The molecule has 66 valence electrons. The molecule has 0 spiro atoms. The first-order valence-electron chi connectivity index (χ1n) is 3.92. The van der Waals surface area contributed by atoms with E-state index in [0.717, 1.165) is 12.8 Å². The molecule has 1 amide bonds. The zero-order chi connectivity index (χ0) is 9.07. The Morgan fingerprint density at radius 1 is 1.55 bits per heavy atom. The third kappa shape index (κ3) is 3.98. The van der Waals surface area contributed by atoms with Crippen LogP contribution in [0.3, 0.4) is 0 Å². The Hall–Kier alpha value is -0.570. The largest absolute Gasteiger partial charge is 0.369 e. The lowest BCUT2D eigenvalue weighted by atomic mass is 9.86. The molecular weight excluding hydrogens is 140 g/mol. The first-order chi connectivity index (χ1) is 4.86. The van der Waals surface area contributed by atoms with Crippen LogP contribution in [-0.4, -0.2) is 11.9 Å². The highest BCUT2D eigenvalue weighted by molar-refractivity contribution is 5.79. The summed E-state index contributed by atoms with van der Waals surface area (Å²) in [5, 5.41) is 0. The number of primary amides is 1. The van der Waals surface area contributed by atoms with Crippen LogP contribution in [0.15, 0.2) is 0 Å². The van der Waals surface area contributed by atoms with Crippen molar-refractivity contribution in [1.29, 1.82) is 0 Å². The molecule has 0 aromatic carbocycles. The van der Waals surface area contributed by atoms with Crippen molar-refractivity contribution in [2.75, 3.05) is 0 Å². The van der Waals surface area contributed by atoms with Gasteiger partial charge in [0.05, 0.1) is 0 Å². The van der Waals surface area contributed by atoms with Crippen molar-refractivity contribution in [3.63, 3.8) is 0 Å². The SMILES string of the molecule is CC(N)CCC(C)(C)C(N)=O. The summed E-state index contributed by atoms with van der Waals surface area (Å²) < 4.78 is 0. The van der Waals surface area contributed by atoms with Gasteiger partial charge in [0.1, 0.15) is 0 Å². The molecule has 0 fully saturated rings. The van der Waals surface area contributed by atoms with Crippen LogP contribution < -0.4 is 11.5 Å². The second kappa shape index (κ2) is 3.72. The molecule has 0 radical (unpaired) electrons. The number of amides is 1. The van der Waals surface area contributed by atoms with Crippen LogP contribution in [0, 0.1) is 5.41 Å². The maximum atomic E-state index is 10.8. The van der Waals surface area contributed by atoms with Crippen LogP contribution in [0.5, 0.6) is 0 Å². The number of nitrogens with two attached hydrogens (primary N) is 2. The third-order valence-corrected chi connectivity index (χ3v) is 1.89. The van der Waals surface area contributed by atoms with Crippen LogP contribution in [0.2, 0.25) is 0 Å². The van der Waals surface area contributed by atoms with Crippen molar-refractivity contribution in [3.8, 4) is 0 Å². The Labute approximate surface area is 68.1 Å². The first kappa shape index (κ1) is 10.4. The number of carbonyl (C=O) groups excluding carboxylic acids is 1. The molecule has 1 atom stereocenters. The molecule has 0 rings (SSSR count). The van der Waals surface area contributed by atoms with Crippen molar-refractivity contribution in [3.05, 3.63) is 0 Å². The molecule has 4 N–H and O–H groups in total. The van der Waals surface area contributed by atoms with Crippen LogP contribution in [-0.2, 0) is 4.79 Å².